The molecule has 0 atom stereocenters. The molecule has 0 saturated carbocycles. The second-order valence-electron chi connectivity index (χ2n) is 4.98. The Morgan fingerprint density at radius 2 is 2.33 bits per heavy atom. The summed E-state index contributed by atoms with van der Waals surface area (Å²) in [5, 5.41) is 7.28. The lowest BCUT2D eigenvalue weighted by Gasteiger charge is -2.06. The van der Waals surface area contributed by atoms with Gasteiger partial charge < -0.3 is 14.6 Å². The van der Waals surface area contributed by atoms with E-state index in [0.717, 1.165) is 18.5 Å². The van der Waals surface area contributed by atoms with Crippen molar-refractivity contribution in [3.8, 4) is 5.88 Å². The zero-order valence-corrected chi connectivity index (χ0v) is 12.7. The Hall–Kier alpha value is -1.89. The highest BCUT2D eigenvalue weighted by Gasteiger charge is 2.16. The van der Waals surface area contributed by atoms with Crippen molar-refractivity contribution in [2.45, 2.75) is 38.5 Å². The minimum absolute atomic E-state index is 0.0588. The first-order chi connectivity index (χ1) is 10.2. The molecular weight excluding hydrogens is 290 g/mol. The molecule has 2 aromatic rings. The number of aromatic nitrogens is 2. The van der Waals surface area contributed by atoms with Crippen LogP contribution in [0.5, 0.6) is 5.88 Å². The molecule has 0 unspecified atom stereocenters. The Balaban J connectivity index is 1.53. The molecule has 1 aliphatic rings. The van der Waals surface area contributed by atoms with Crippen molar-refractivity contribution in [1.82, 2.24) is 10.1 Å². The van der Waals surface area contributed by atoms with Gasteiger partial charge in [0.15, 0.2) is 5.13 Å². The number of thiazole rings is 1. The number of ether oxygens (including phenoxy) is 1. The van der Waals surface area contributed by atoms with E-state index in [9.17, 15) is 4.79 Å². The predicted molar refractivity (Wildman–Crippen MR) is 78.8 cm³/mol. The SMILES string of the molecule is COc1cc(CCC(=O)Nc2nc3c(s2)CCCC3)on1. The number of nitrogens with zero attached hydrogens (tertiary/aromatic N) is 2. The minimum atomic E-state index is -0.0588. The summed E-state index contributed by atoms with van der Waals surface area (Å²) in [6.07, 6.45) is 5.35. The molecule has 0 spiro atoms. The highest BCUT2D eigenvalue weighted by molar-refractivity contribution is 7.15. The molecule has 0 aliphatic heterocycles. The van der Waals surface area contributed by atoms with Crippen LogP contribution in [0.25, 0.3) is 0 Å². The molecular formula is C14H17N3O3S. The van der Waals surface area contributed by atoms with Gasteiger partial charge in [-0.3, -0.25) is 4.79 Å². The van der Waals surface area contributed by atoms with Gasteiger partial charge in [0, 0.05) is 23.8 Å². The van der Waals surface area contributed by atoms with Gasteiger partial charge in [-0.05, 0) is 30.8 Å². The highest BCUT2D eigenvalue weighted by atomic mass is 32.1. The molecule has 112 valence electrons. The maximum atomic E-state index is 11.9. The summed E-state index contributed by atoms with van der Waals surface area (Å²) < 4.78 is 9.98. The number of hydrogen-bond donors (Lipinski definition) is 1. The van der Waals surface area contributed by atoms with Crippen LogP contribution < -0.4 is 10.1 Å². The molecule has 1 amide bonds. The molecule has 0 aromatic carbocycles. The van der Waals surface area contributed by atoms with Crippen molar-refractivity contribution < 1.29 is 14.1 Å². The first-order valence-corrected chi connectivity index (χ1v) is 7.84. The van der Waals surface area contributed by atoms with Crippen LogP contribution in [0.15, 0.2) is 10.6 Å². The summed E-state index contributed by atoms with van der Waals surface area (Å²) in [5.74, 6) is 1.01. The number of rotatable bonds is 5. The number of aryl methyl sites for hydroxylation is 3. The molecule has 1 N–H and O–H groups in total. The number of fused-ring (bicyclic) bond motifs is 1. The molecule has 2 heterocycles. The summed E-state index contributed by atoms with van der Waals surface area (Å²) in [6, 6.07) is 1.69. The third kappa shape index (κ3) is 3.41. The van der Waals surface area contributed by atoms with E-state index in [1.807, 2.05) is 0 Å². The van der Waals surface area contributed by atoms with Crippen molar-refractivity contribution in [3.63, 3.8) is 0 Å². The highest BCUT2D eigenvalue weighted by Crippen LogP contribution is 2.29. The maximum absolute atomic E-state index is 11.9. The van der Waals surface area contributed by atoms with E-state index in [2.05, 4.69) is 15.5 Å². The Labute approximate surface area is 126 Å². The fraction of sp³-hybridized carbons (Fsp3) is 0.500. The van der Waals surface area contributed by atoms with E-state index in [-0.39, 0.29) is 5.91 Å². The van der Waals surface area contributed by atoms with Crippen LogP contribution in [-0.2, 0) is 24.1 Å². The van der Waals surface area contributed by atoms with Gasteiger partial charge in [-0.2, -0.15) is 0 Å². The average Bonchev–Trinajstić information content (AvgIpc) is 3.10. The number of carbonyl (C=O) groups is 1. The van der Waals surface area contributed by atoms with E-state index in [1.54, 1.807) is 17.4 Å². The van der Waals surface area contributed by atoms with Crippen LogP contribution in [-0.4, -0.2) is 23.2 Å². The van der Waals surface area contributed by atoms with Gasteiger partial charge in [-0.15, -0.1) is 11.3 Å². The first kappa shape index (κ1) is 14.1. The molecule has 2 aromatic heterocycles. The molecule has 6 nitrogen and oxygen atoms in total. The molecule has 7 heteroatoms. The summed E-state index contributed by atoms with van der Waals surface area (Å²) in [7, 11) is 1.53. The zero-order valence-electron chi connectivity index (χ0n) is 11.8. The molecule has 0 saturated heterocycles. The number of nitrogens with one attached hydrogen (secondary N) is 1. The van der Waals surface area contributed by atoms with Gasteiger partial charge >= 0.3 is 0 Å². The van der Waals surface area contributed by atoms with Crippen molar-refractivity contribution in [2.75, 3.05) is 12.4 Å². The lowest BCUT2D eigenvalue weighted by Crippen LogP contribution is -2.12. The van der Waals surface area contributed by atoms with E-state index < -0.39 is 0 Å². The van der Waals surface area contributed by atoms with Gasteiger partial charge in [-0.1, -0.05) is 0 Å². The largest absolute Gasteiger partial charge is 0.479 e. The lowest BCUT2D eigenvalue weighted by atomic mass is 10.0. The van der Waals surface area contributed by atoms with Crippen molar-refractivity contribution in [1.29, 1.82) is 0 Å². The standard InChI is InChI=1S/C14H17N3O3S/c1-19-13-8-9(20-17-13)6-7-12(18)16-14-15-10-4-2-3-5-11(10)21-14/h8H,2-7H2,1H3,(H,15,16,18). The van der Waals surface area contributed by atoms with E-state index in [4.69, 9.17) is 9.26 Å². The third-order valence-electron chi connectivity index (χ3n) is 3.44. The normalized spacial score (nSPS) is 13.8. The fourth-order valence-corrected chi connectivity index (χ4v) is 3.40. The Bertz CT molecular complexity index is 612. The Morgan fingerprint density at radius 3 is 3.10 bits per heavy atom. The van der Waals surface area contributed by atoms with Crippen molar-refractivity contribution in [2.24, 2.45) is 0 Å². The third-order valence-corrected chi connectivity index (χ3v) is 4.51. The zero-order chi connectivity index (χ0) is 14.7. The van der Waals surface area contributed by atoms with Crippen LogP contribution in [0.2, 0.25) is 0 Å². The summed E-state index contributed by atoms with van der Waals surface area (Å²) in [4.78, 5) is 17.7. The summed E-state index contributed by atoms with van der Waals surface area (Å²) in [6.45, 7) is 0. The van der Waals surface area contributed by atoms with Crippen LogP contribution >= 0.6 is 11.3 Å². The topological polar surface area (TPSA) is 77.2 Å². The quantitative estimate of drug-likeness (QED) is 0.918. The van der Waals surface area contributed by atoms with Crippen molar-refractivity contribution >= 4 is 22.4 Å². The molecule has 3 rings (SSSR count). The number of amides is 1. The molecule has 0 fully saturated rings. The molecule has 0 bridgehead atoms. The first-order valence-electron chi connectivity index (χ1n) is 7.02. The summed E-state index contributed by atoms with van der Waals surface area (Å²) >= 11 is 1.59. The van der Waals surface area contributed by atoms with Crippen LogP contribution in [0, 0.1) is 0 Å². The molecule has 21 heavy (non-hydrogen) atoms. The Morgan fingerprint density at radius 1 is 1.48 bits per heavy atom. The van der Waals surface area contributed by atoms with Gasteiger partial charge in [-0.25, -0.2) is 4.98 Å². The van der Waals surface area contributed by atoms with E-state index in [0.29, 0.717) is 29.6 Å². The van der Waals surface area contributed by atoms with Crippen molar-refractivity contribution in [3.05, 3.63) is 22.4 Å². The minimum Gasteiger partial charge on any atom is -0.479 e. The average molecular weight is 307 g/mol. The second kappa shape index (κ2) is 6.26. The summed E-state index contributed by atoms with van der Waals surface area (Å²) in [5.41, 5.74) is 1.15. The predicted octanol–water partition coefficient (Wildman–Crippen LogP) is 2.59. The number of methoxy groups -OCH3 is 1. The van der Waals surface area contributed by atoms with Crippen LogP contribution in [0.3, 0.4) is 0 Å². The molecule has 1 aliphatic carbocycles. The van der Waals surface area contributed by atoms with E-state index in [1.165, 1.54) is 24.8 Å². The Kier molecular flexibility index (Phi) is 4.19. The molecule has 0 radical (unpaired) electrons. The van der Waals surface area contributed by atoms with Gasteiger partial charge in [0.2, 0.25) is 5.91 Å². The van der Waals surface area contributed by atoms with Crippen LogP contribution in [0.1, 0.15) is 35.6 Å². The lowest BCUT2D eigenvalue weighted by molar-refractivity contribution is -0.116. The second-order valence-corrected chi connectivity index (χ2v) is 6.06. The number of anilines is 1. The van der Waals surface area contributed by atoms with E-state index >= 15 is 0 Å². The number of carbonyl (C=O) groups excluding carboxylic acids is 1. The monoisotopic (exact) mass is 307 g/mol. The smallest absolute Gasteiger partial charge is 0.254 e. The van der Waals surface area contributed by atoms with Gasteiger partial charge in [0.05, 0.1) is 12.8 Å². The maximum Gasteiger partial charge on any atom is 0.254 e. The fourth-order valence-electron chi connectivity index (χ4n) is 2.33. The van der Waals surface area contributed by atoms with Crippen LogP contribution in [0.4, 0.5) is 5.13 Å². The van der Waals surface area contributed by atoms with Gasteiger partial charge in [0.25, 0.3) is 5.88 Å². The number of hydrogen-bond acceptors (Lipinski definition) is 6. The van der Waals surface area contributed by atoms with Gasteiger partial charge in [0.1, 0.15) is 5.76 Å².